The average molecular weight is 286 g/mol. The van der Waals surface area contributed by atoms with Gasteiger partial charge in [-0.15, -0.1) is 0 Å². The molecule has 0 saturated heterocycles. The number of nitriles is 1. The molecule has 0 spiro atoms. The average Bonchev–Trinajstić information content (AvgIpc) is 2.41. The van der Waals surface area contributed by atoms with Crippen molar-refractivity contribution in [3.8, 4) is 6.07 Å². The molecule has 0 saturated carbocycles. The zero-order chi connectivity index (χ0) is 15.0. The van der Waals surface area contributed by atoms with Gasteiger partial charge in [-0.25, -0.2) is 0 Å². The van der Waals surface area contributed by atoms with Crippen LogP contribution in [0.3, 0.4) is 0 Å². The van der Waals surface area contributed by atoms with Crippen molar-refractivity contribution in [2.24, 2.45) is 0 Å². The van der Waals surface area contributed by atoms with Gasteiger partial charge in [-0.05, 0) is 31.0 Å². The topological polar surface area (TPSA) is 56.0 Å². The van der Waals surface area contributed by atoms with Gasteiger partial charge in [-0.3, -0.25) is 0 Å². The van der Waals surface area contributed by atoms with Gasteiger partial charge in [0.25, 0.3) is 0 Å². The van der Waals surface area contributed by atoms with E-state index in [2.05, 4.69) is 5.32 Å². The molecule has 0 amide bonds. The molecule has 2 N–H and O–H groups in total. The molecule has 0 radical (unpaired) electrons. The molecule has 0 fully saturated rings. The minimum absolute atomic E-state index is 0.178. The van der Waals surface area contributed by atoms with E-state index in [1.54, 1.807) is 6.07 Å². The Kier molecular flexibility index (Phi) is 6.32. The SMILES string of the molecule is N#Cc1cc(NCCCCCCO)ccc1C(F)(F)F. The Labute approximate surface area is 116 Å². The number of unbranched alkanes of at least 4 members (excludes halogenated alkanes) is 3. The summed E-state index contributed by atoms with van der Waals surface area (Å²) in [5, 5.41) is 20.4. The van der Waals surface area contributed by atoms with Gasteiger partial charge in [-0.2, -0.15) is 18.4 Å². The van der Waals surface area contributed by atoms with Crippen molar-refractivity contribution in [2.45, 2.75) is 31.9 Å². The monoisotopic (exact) mass is 286 g/mol. The molecular weight excluding hydrogens is 269 g/mol. The molecule has 0 aliphatic carbocycles. The standard InChI is InChI=1S/C14H17F3N2O/c15-14(16,17)13-6-5-12(9-11(13)10-18)19-7-3-1-2-4-8-20/h5-6,9,19-20H,1-4,7-8H2. The highest BCUT2D eigenvalue weighted by Crippen LogP contribution is 2.32. The number of rotatable bonds is 7. The van der Waals surface area contributed by atoms with Crippen LogP contribution in [0.5, 0.6) is 0 Å². The summed E-state index contributed by atoms with van der Waals surface area (Å²) in [7, 11) is 0. The maximum absolute atomic E-state index is 12.6. The van der Waals surface area contributed by atoms with Crippen molar-refractivity contribution in [2.75, 3.05) is 18.5 Å². The number of anilines is 1. The van der Waals surface area contributed by atoms with Gasteiger partial charge in [0.15, 0.2) is 0 Å². The maximum Gasteiger partial charge on any atom is 0.417 e. The molecule has 0 aliphatic rings. The number of hydrogen-bond donors (Lipinski definition) is 2. The molecule has 20 heavy (non-hydrogen) atoms. The maximum atomic E-state index is 12.6. The van der Waals surface area contributed by atoms with Crippen molar-refractivity contribution in [1.29, 1.82) is 5.26 Å². The van der Waals surface area contributed by atoms with Gasteiger partial charge in [0, 0.05) is 18.8 Å². The van der Waals surface area contributed by atoms with E-state index in [1.807, 2.05) is 0 Å². The Bertz CT molecular complexity index is 466. The first-order valence-corrected chi connectivity index (χ1v) is 6.45. The Morgan fingerprint density at radius 2 is 1.85 bits per heavy atom. The number of halogens is 3. The highest BCUT2D eigenvalue weighted by atomic mass is 19.4. The largest absolute Gasteiger partial charge is 0.417 e. The van der Waals surface area contributed by atoms with Gasteiger partial charge >= 0.3 is 6.18 Å². The molecule has 0 aromatic heterocycles. The first kappa shape index (κ1) is 16.3. The molecule has 1 aromatic carbocycles. The lowest BCUT2D eigenvalue weighted by atomic mass is 10.1. The number of aliphatic hydroxyl groups is 1. The molecule has 3 nitrogen and oxygen atoms in total. The molecule has 6 heteroatoms. The second-order valence-electron chi connectivity index (χ2n) is 4.43. The highest BCUT2D eigenvalue weighted by Gasteiger charge is 2.33. The number of benzene rings is 1. The van der Waals surface area contributed by atoms with Gasteiger partial charge in [0.1, 0.15) is 0 Å². The second kappa shape index (κ2) is 7.75. The van der Waals surface area contributed by atoms with Crippen LogP contribution in [0, 0.1) is 11.3 Å². The highest BCUT2D eigenvalue weighted by molar-refractivity contribution is 5.53. The van der Waals surface area contributed by atoms with Gasteiger partial charge in [0.05, 0.1) is 17.2 Å². The fourth-order valence-corrected chi connectivity index (χ4v) is 1.82. The van der Waals surface area contributed by atoms with Crippen LogP contribution < -0.4 is 5.32 Å². The quantitative estimate of drug-likeness (QED) is 0.754. The van der Waals surface area contributed by atoms with Gasteiger partial charge in [-0.1, -0.05) is 12.8 Å². The molecule has 0 aliphatic heterocycles. The lowest BCUT2D eigenvalue weighted by molar-refractivity contribution is -0.137. The van der Waals surface area contributed by atoms with Crippen LogP contribution in [0.4, 0.5) is 18.9 Å². The zero-order valence-electron chi connectivity index (χ0n) is 11.0. The summed E-state index contributed by atoms with van der Waals surface area (Å²) in [5.74, 6) is 0. The summed E-state index contributed by atoms with van der Waals surface area (Å²) in [5.41, 5.74) is -0.770. The number of nitrogens with one attached hydrogen (secondary N) is 1. The molecule has 1 aromatic rings. The van der Waals surface area contributed by atoms with E-state index in [4.69, 9.17) is 10.4 Å². The lowest BCUT2D eigenvalue weighted by Crippen LogP contribution is -2.09. The molecule has 0 bridgehead atoms. The van der Waals surface area contributed by atoms with E-state index in [0.29, 0.717) is 12.2 Å². The van der Waals surface area contributed by atoms with E-state index in [-0.39, 0.29) is 12.2 Å². The fraction of sp³-hybridized carbons (Fsp3) is 0.500. The van der Waals surface area contributed by atoms with Crippen LogP contribution in [0.2, 0.25) is 0 Å². The third kappa shape index (κ3) is 5.10. The lowest BCUT2D eigenvalue weighted by Gasteiger charge is -2.11. The van der Waals surface area contributed by atoms with Crippen molar-refractivity contribution in [3.63, 3.8) is 0 Å². The molecule has 0 unspecified atom stereocenters. The van der Waals surface area contributed by atoms with Crippen molar-refractivity contribution >= 4 is 5.69 Å². The number of nitrogens with zero attached hydrogens (tertiary/aromatic N) is 1. The summed E-state index contributed by atoms with van der Waals surface area (Å²) < 4.78 is 37.8. The third-order valence-corrected chi connectivity index (χ3v) is 2.86. The van der Waals surface area contributed by atoms with Crippen molar-refractivity contribution < 1.29 is 18.3 Å². The third-order valence-electron chi connectivity index (χ3n) is 2.86. The van der Waals surface area contributed by atoms with E-state index >= 15 is 0 Å². The van der Waals surface area contributed by atoms with Crippen LogP contribution in [-0.2, 0) is 6.18 Å². The summed E-state index contributed by atoms with van der Waals surface area (Å²) in [6.07, 6.45) is -1.01. The van der Waals surface area contributed by atoms with Gasteiger partial charge < -0.3 is 10.4 Å². The van der Waals surface area contributed by atoms with Crippen LogP contribution in [-0.4, -0.2) is 18.3 Å². The Hall–Kier alpha value is -1.74. The molecular formula is C14H17F3N2O. The Morgan fingerprint density at radius 1 is 1.15 bits per heavy atom. The van der Waals surface area contributed by atoms with E-state index in [0.717, 1.165) is 31.7 Å². The van der Waals surface area contributed by atoms with Crippen molar-refractivity contribution in [3.05, 3.63) is 29.3 Å². The first-order valence-electron chi connectivity index (χ1n) is 6.45. The molecule has 0 atom stereocenters. The van der Waals surface area contributed by atoms with Crippen molar-refractivity contribution in [1.82, 2.24) is 0 Å². The molecule has 110 valence electrons. The summed E-state index contributed by atoms with van der Waals surface area (Å²) in [4.78, 5) is 0. The smallest absolute Gasteiger partial charge is 0.396 e. The van der Waals surface area contributed by atoms with Crippen LogP contribution in [0.25, 0.3) is 0 Å². The summed E-state index contributed by atoms with van der Waals surface area (Å²) in [6, 6.07) is 5.05. The second-order valence-corrected chi connectivity index (χ2v) is 4.43. The first-order chi connectivity index (χ1) is 9.49. The van der Waals surface area contributed by atoms with E-state index < -0.39 is 11.7 Å². The van der Waals surface area contributed by atoms with Gasteiger partial charge in [0.2, 0.25) is 0 Å². The number of aliphatic hydroxyl groups excluding tert-OH is 1. The molecule has 0 heterocycles. The van der Waals surface area contributed by atoms with Crippen LogP contribution >= 0.6 is 0 Å². The number of alkyl halides is 3. The predicted octanol–water partition coefficient (Wildman–Crippen LogP) is 3.54. The van der Waals surface area contributed by atoms with Crippen LogP contribution in [0.15, 0.2) is 18.2 Å². The summed E-state index contributed by atoms with van der Waals surface area (Å²) >= 11 is 0. The van der Waals surface area contributed by atoms with Crippen LogP contribution in [0.1, 0.15) is 36.8 Å². The minimum atomic E-state index is -4.51. The predicted molar refractivity (Wildman–Crippen MR) is 70.2 cm³/mol. The number of hydrogen-bond acceptors (Lipinski definition) is 3. The zero-order valence-corrected chi connectivity index (χ0v) is 11.0. The fourth-order valence-electron chi connectivity index (χ4n) is 1.82. The van der Waals surface area contributed by atoms with E-state index in [1.165, 1.54) is 12.1 Å². The normalized spacial score (nSPS) is 11.2. The summed E-state index contributed by atoms with van der Waals surface area (Å²) in [6.45, 7) is 0.805. The Balaban J connectivity index is 2.55. The minimum Gasteiger partial charge on any atom is -0.396 e. The molecule has 1 rings (SSSR count). The Morgan fingerprint density at radius 3 is 2.45 bits per heavy atom. The van der Waals surface area contributed by atoms with E-state index in [9.17, 15) is 13.2 Å².